The molecule has 0 amide bonds. The van der Waals surface area contributed by atoms with Crippen LogP contribution < -0.4 is 4.74 Å². The van der Waals surface area contributed by atoms with Gasteiger partial charge in [-0.05, 0) is 85.6 Å². The molecule has 0 bridgehead atoms. The van der Waals surface area contributed by atoms with Gasteiger partial charge in [0, 0.05) is 40.8 Å². The summed E-state index contributed by atoms with van der Waals surface area (Å²) < 4.78 is 8.26. The Labute approximate surface area is 219 Å². The number of aryl methyl sites for hydroxylation is 1. The lowest BCUT2D eigenvalue weighted by atomic mass is 10.0. The number of fused-ring (bicyclic) bond motifs is 4. The lowest BCUT2D eigenvalue weighted by Crippen LogP contribution is -2.15. The van der Waals surface area contributed by atoms with Crippen molar-refractivity contribution in [3.63, 3.8) is 0 Å². The molecule has 0 saturated heterocycles. The normalized spacial score (nSPS) is 14.2. The summed E-state index contributed by atoms with van der Waals surface area (Å²) >= 11 is 1.61. The third-order valence-corrected chi connectivity index (χ3v) is 7.30. The maximum Gasteiger partial charge on any atom is 0.331 e. The summed E-state index contributed by atoms with van der Waals surface area (Å²) in [7, 11) is 0. The summed E-state index contributed by atoms with van der Waals surface area (Å²) in [6.45, 7) is 6.23. The van der Waals surface area contributed by atoms with Crippen LogP contribution in [0.4, 0.5) is 0 Å². The summed E-state index contributed by atoms with van der Waals surface area (Å²) in [4.78, 5) is 30.6. The van der Waals surface area contributed by atoms with E-state index in [1.807, 2.05) is 49.4 Å². The van der Waals surface area contributed by atoms with Gasteiger partial charge in [0.1, 0.15) is 11.5 Å². The van der Waals surface area contributed by atoms with E-state index < -0.39 is 5.97 Å². The molecule has 188 valence electrons. The fraction of sp³-hybridized carbons (Fsp3) is 0.233. The van der Waals surface area contributed by atoms with Crippen molar-refractivity contribution in [1.29, 1.82) is 0 Å². The number of thioether (sulfide) groups is 1. The number of hydrogen-bond acceptors (Lipinski definition) is 6. The van der Waals surface area contributed by atoms with Gasteiger partial charge in [0.15, 0.2) is 5.09 Å². The van der Waals surface area contributed by atoms with E-state index in [4.69, 9.17) is 9.57 Å². The molecule has 0 aliphatic carbocycles. The zero-order valence-electron chi connectivity index (χ0n) is 21.1. The molecule has 0 spiro atoms. The van der Waals surface area contributed by atoms with Crippen molar-refractivity contribution in [2.24, 2.45) is 5.16 Å². The first-order chi connectivity index (χ1) is 18.0. The predicted molar refractivity (Wildman–Crippen MR) is 149 cm³/mol. The summed E-state index contributed by atoms with van der Waals surface area (Å²) in [5, 5.41) is 6.77. The Bertz CT molecular complexity index is 1550. The number of unbranched alkanes of at least 4 members (excludes halogenated alkanes) is 1. The Hall–Kier alpha value is -3.84. The SMILES string of the molecule is CCCC/C(=N\OC(C)=O)C(=O)c1ccc2c(c1)c1cc(/C=C3\Oc4ccccc4S3)ccc1n2CC. The molecule has 1 aliphatic rings. The molecule has 0 radical (unpaired) electrons. The van der Waals surface area contributed by atoms with Gasteiger partial charge in [-0.25, -0.2) is 4.79 Å². The van der Waals surface area contributed by atoms with Crippen LogP contribution >= 0.6 is 11.8 Å². The molecule has 0 fully saturated rings. The number of para-hydroxylation sites is 1. The number of aromatic nitrogens is 1. The number of carbonyl (C=O) groups excluding carboxylic acids is 2. The second kappa shape index (κ2) is 10.6. The highest BCUT2D eigenvalue weighted by Gasteiger charge is 2.20. The molecule has 0 atom stereocenters. The summed E-state index contributed by atoms with van der Waals surface area (Å²) in [6, 6.07) is 20.1. The summed E-state index contributed by atoms with van der Waals surface area (Å²) in [5.74, 6) is 0.109. The molecule has 7 heteroatoms. The molecule has 1 aromatic heterocycles. The van der Waals surface area contributed by atoms with Gasteiger partial charge < -0.3 is 14.1 Å². The van der Waals surface area contributed by atoms with E-state index in [1.165, 1.54) is 6.92 Å². The lowest BCUT2D eigenvalue weighted by molar-refractivity contribution is -0.140. The number of hydrogen-bond donors (Lipinski definition) is 0. The summed E-state index contributed by atoms with van der Waals surface area (Å²) in [6.07, 6.45) is 4.18. The number of nitrogens with zero attached hydrogens (tertiary/aromatic N) is 2. The van der Waals surface area contributed by atoms with Crippen LogP contribution in [0, 0.1) is 0 Å². The van der Waals surface area contributed by atoms with Gasteiger partial charge >= 0.3 is 5.97 Å². The number of benzene rings is 3. The van der Waals surface area contributed by atoms with Gasteiger partial charge in [0.25, 0.3) is 0 Å². The first kappa shape index (κ1) is 24.8. The van der Waals surface area contributed by atoms with Gasteiger partial charge in [-0.3, -0.25) is 4.79 Å². The molecule has 4 aromatic rings. The van der Waals surface area contributed by atoms with Gasteiger partial charge in [0.05, 0.1) is 4.90 Å². The van der Waals surface area contributed by atoms with E-state index in [0.29, 0.717) is 12.0 Å². The second-order valence-corrected chi connectivity index (χ2v) is 9.97. The van der Waals surface area contributed by atoms with Gasteiger partial charge in [-0.2, -0.15) is 0 Å². The van der Waals surface area contributed by atoms with Crippen LogP contribution in [0.5, 0.6) is 5.75 Å². The molecule has 37 heavy (non-hydrogen) atoms. The maximum atomic E-state index is 13.4. The molecule has 6 nitrogen and oxygen atoms in total. The molecule has 0 unspecified atom stereocenters. The number of oxime groups is 1. The van der Waals surface area contributed by atoms with Crippen molar-refractivity contribution < 1.29 is 19.2 Å². The number of rotatable bonds is 8. The van der Waals surface area contributed by atoms with Crippen molar-refractivity contribution in [1.82, 2.24) is 4.57 Å². The monoisotopic (exact) mass is 512 g/mol. The van der Waals surface area contributed by atoms with Crippen LogP contribution in [0.25, 0.3) is 27.9 Å². The van der Waals surface area contributed by atoms with Crippen molar-refractivity contribution in [3.8, 4) is 5.75 Å². The molecule has 0 N–H and O–H groups in total. The minimum absolute atomic E-state index is 0.221. The van der Waals surface area contributed by atoms with Gasteiger partial charge in [0.2, 0.25) is 5.78 Å². The fourth-order valence-electron chi connectivity index (χ4n) is 4.58. The summed E-state index contributed by atoms with van der Waals surface area (Å²) in [5.41, 5.74) is 3.97. The van der Waals surface area contributed by atoms with Crippen LogP contribution in [-0.4, -0.2) is 22.0 Å². The minimum Gasteiger partial charge on any atom is -0.449 e. The fourth-order valence-corrected chi connectivity index (χ4v) is 5.48. The quantitative estimate of drug-likeness (QED) is 0.105. The van der Waals surface area contributed by atoms with E-state index in [-0.39, 0.29) is 11.5 Å². The Morgan fingerprint density at radius 2 is 1.78 bits per heavy atom. The van der Waals surface area contributed by atoms with Crippen molar-refractivity contribution in [2.75, 3.05) is 0 Å². The number of Topliss-reactive ketones (excluding diaryl/α,β-unsaturated/α-hetero) is 1. The minimum atomic E-state index is -0.544. The topological polar surface area (TPSA) is 69.9 Å². The van der Waals surface area contributed by atoms with E-state index in [9.17, 15) is 9.59 Å². The number of ketones is 1. The first-order valence-electron chi connectivity index (χ1n) is 12.5. The maximum absolute atomic E-state index is 13.4. The predicted octanol–water partition coefficient (Wildman–Crippen LogP) is 7.59. The smallest absolute Gasteiger partial charge is 0.331 e. The molecule has 0 saturated carbocycles. The van der Waals surface area contributed by atoms with Crippen LogP contribution in [0.1, 0.15) is 56.0 Å². The molecular formula is C30H28N2O4S. The van der Waals surface area contributed by atoms with Crippen LogP contribution in [-0.2, 0) is 16.2 Å². The molecular weight excluding hydrogens is 484 g/mol. The van der Waals surface area contributed by atoms with Crippen molar-refractivity contribution >= 4 is 57.1 Å². The Morgan fingerprint density at radius 3 is 2.51 bits per heavy atom. The average molecular weight is 513 g/mol. The highest BCUT2D eigenvalue weighted by Crippen LogP contribution is 2.43. The van der Waals surface area contributed by atoms with Gasteiger partial charge in [-0.1, -0.05) is 36.7 Å². The highest BCUT2D eigenvalue weighted by molar-refractivity contribution is 8.03. The van der Waals surface area contributed by atoms with Crippen molar-refractivity contribution in [3.05, 3.63) is 76.9 Å². The van der Waals surface area contributed by atoms with E-state index in [1.54, 1.807) is 11.8 Å². The zero-order chi connectivity index (χ0) is 25.9. The van der Waals surface area contributed by atoms with Crippen molar-refractivity contribution in [2.45, 2.75) is 51.5 Å². The lowest BCUT2D eigenvalue weighted by Gasteiger charge is -2.06. The average Bonchev–Trinajstić information content (AvgIpc) is 3.45. The zero-order valence-corrected chi connectivity index (χ0v) is 21.9. The standard InChI is InChI=1S/C30H28N2O4S/c1-4-6-9-24(31-36-19(3)33)30(34)21-13-15-26-23(18-21)22-16-20(12-14-25(22)32(26)5-2)17-29-35-27-10-7-8-11-28(27)37-29/h7-8,10-18H,4-6,9H2,1-3H3/b29-17+,31-24+. The van der Waals surface area contributed by atoms with Crippen LogP contribution in [0.3, 0.4) is 0 Å². The largest absolute Gasteiger partial charge is 0.449 e. The van der Waals surface area contributed by atoms with Gasteiger partial charge in [-0.15, -0.1) is 0 Å². The molecule has 1 aliphatic heterocycles. The van der Waals surface area contributed by atoms with E-state index >= 15 is 0 Å². The van der Waals surface area contributed by atoms with E-state index in [0.717, 1.165) is 62.5 Å². The Kier molecular flexibility index (Phi) is 7.15. The molecule has 5 rings (SSSR count). The van der Waals surface area contributed by atoms with Crippen LogP contribution in [0.15, 0.2) is 75.8 Å². The Balaban J connectivity index is 1.55. The third kappa shape index (κ3) is 5.04. The Morgan fingerprint density at radius 1 is 1.03 bits per heavy atom. The second-order valence-electron chi connectivity index (χ2n) is 8.92. The first-order valence-corrected chi connectivity index (χ1v) is 13.3. The highest BCUT2D eigenvalue weighted by atomic mass is 32.2. The third-order valence-electron chi connectivity index (χ3n) is 6.34. The number of carbonyl (C=O) groups is 2. The molecule has 2 heterocycles. The van der Waals surface area contributed by atoms with Crippen LogP contribution in [0.2, 0.25) is 0 Å². The number of ether oxygens (including phenoxy) is 1. The molecule has 3 aromatic carbocycles. The van der Waals surface area contributed by atoms with E-state index in [2.05, 4.69) is 40.9 Å².